The summed E-state index contributed by atoms with van der Waals surface area (Å²) in [4.78, 5) is 10.3. The second kappa shape index (κ2) is 7.64. The largest absolute Gasteiger partial charge is 0.464 e. The molecule has 0 aliphatic heterocycles. The van der Waals surface area contributed by atoms with Gasteiger partial charge in [0.2, 0.25) is 0 Å². The number of furan rings is 1. The highest BCUT2D eigenvalue weighted by atomic mass is 32.1. The summed E-state index contributed by atoms with van der Waals surface area (Å²) in [7, 11) is 1.77. The van der Waals surface area contributed by atoms with Crippen molar-refractivity contribution in [1.82, 2.24) is 15.6 Å². The van der Waals surface area contributed by atoms with Gasteiger partial charge in [-0.2, -0.15) is 0 Å². The summed E-state index contributed by atoms with van der Waals surface area (Å²) < 4.78 is 5.64. The number of aromatic nitrogens is 1. The normalized spacial score (nSPS) is 13.4. The summed E-state index contributed by atoms with van der Waals surface area (Å²) in [6.45, 7) is 11.1. The van der Waals surface area contributed by atoms with Gasteiger partial charge in [0.1, 0.15) is 16.5 Å². The van der Waals surface area contributed by atoms with E-state index in [0.717, 1.165) is 22.5 Å². The van der Waals surface area contributed by atoms with Gasteiger partial charge in [0, 0.05) is 11.9 Å². The highest BCUT2D eigenvalue weighted by Gasteiger charge is 2.13. The van der Waals surface area contributed by atoms with Crippen LogP contribution in [-0.2, 0) is 6.54 Å². The molecule has 23 heavy (non-hydrogen) atoms. The SMILES string of the molecule is CN=C(NCc1nc(C(C)C)c(C)s1)NC(C)c1ccc(C)o1. The van der Waals surface area contributed by atoms with Crippen LogP contribution < -0.4 is 10.6 Å². The number of nitrogens with one attached hydrogen (secondary N) is 2. The molecule has 0 aliphatic carbocycles. The molecule has 1 atom stereocenters. The highest BCUT2D eigenvalue weighted by molar-refractivity contribution is 7.11. The average Bonchev–Trinajstić information content (AvgIpc) is 3.09. The summed E-state index contributed by atoms with van der Waals surface area (Å²) in [6, 6.07) is 4.01. The molecular formula is C17H26N4OS. The lowest BCUT2D eigenvalue weighted by molar-refractivity contribution is 0.441. The Labute approximate surface area is 142 Å². The Morgan fingerprint density at radius 3 is 2.57 bits per heavy atom. The smallest absolute Gasteiger partial charge is 0.191 e. The Morgan fingerprint density at radius 1 is 1.30 bits per heavy atom. The van der Waals surface area contributed by atoms with Crippen molar-refractivity contribution in [2.45, 2.75) is 53.1 Å². The Hall–Kier alpha value is -1.82. The van der Waals surface area contributed by atoms with Gasteiger partial charge >= 0.3 is 0 Å². The Morgan fingerprint density at radius 2 is 2.04 bits per heavy atom. The van der Waals surface area contributed by atoms with Crippen molar-refractivity contribution in [2.75, 3.05) is 7.05 Å². The van der Waals surface area contributed by atoms with E-state index in [4.69, 9.17) is 9.40 Å². The first-order valence-corrected chi connectivity index (χ1v) is 8.72. The third-order valence-corrected chi connectivity index (χ3v) is 4.58. The molecule has 0 amide bonds. The number of hydrogen-bond donors (Lipinski definition) is 2. The minimum Gasteiger partial charge on any atom is -0.464 e. The zero-order chi connectivity index (χ0) is 17.0. The minimum absolute atomic E-state index is 0.0548. The van der Waals surface area contributed by atoms with Crippen molar-refractivity contribution in [3.05, 3.63) is 39.2 Å². The average molecular weight is 334 g/mol. The Kier molecular flexibility index (Phi) is 5.82. The van der Waals surface area contributed by atoms with Crippen LogP contribution >= 0.6 is 11.3 Å². The molecule has 0 fully saturated rings. The summed E-state index contributed by atoms with van der Waals surface area (Å²) in [5.74, 6) is 3.01. The molecule has 0 aliphatic rings. The van der Waals surface area contributed by atoms with Gasteiger partial charge in [0.25, 0.3) is 0 Å². The van der Waals surface area contributed by atoms with Crippen molar-refractivity contribution >= 4 is 17.3 Å². The van der Waals surface area contributed by atoms with E-state index >= 15 is 0 Å². The first-order chi connectivity index (χ1) is 10.9. The van der Waals surface area contributed by atoms with Crippen LogP contribution in [0.25, 0.3) is 0 Å². The topological polar surface area (TPSA) is 62.5 Å². The van der Waals surface area contributed by atoms with Crippen molar-refractivity contribution in [3.8, 4) is 0 Å². The van der Waals surface area contributed by atoms with Crippen LogP contribution in [0.4, 0.5) is 0 Å². The van der Waals surface area contributed by atoms with Gasteiger partial charge in [0.05, 0.1) is 18.3 Å². The molecule has 2 heterocycles. The highest BCUT2D eigenvalue weighted by Crippen LogP contribution is 2.24. The predicted octanol–water partition coefficient (Wildman–Crippen LogP) is 3.90. The van der Waals surface area contributed by atoms with Gasteiger partial charge < -0.3 is 15.1 Å². The lowest BCUT2D eigenvalue weighted by Crippen LogP contribution is -2.38. The second-order valence-corrected chi connectivity index (χ2v) is 7.23. The van der Waals surface area contributed by atoms with E-state index < -0.39 is 0 Å². The molecule has 2 rings (SSSR count). The molecule has 0 spiro atoms. The van der Waals surface area contributed by atoms with Crippen LogP contribution in [0.15, 0.2) is 21.5 Å². The Bertz CT molecular complexity index is 672. The maximum Gasteiger partial charge on any atom is 0.191 e. The number of thiazole rings is 1. The number of rotatable bonds is 5. The van der Waals surface area contributed by atoms with E-state index in [0.29, 0.717) is 12.5 Å². The summed E-state index contributed by atoms with van der Waals surface area (Å²) >= 11 is 1.74. The molecule has 2 N–H and O–H groups in total. The maximum absolute atomic E-state index is 5.64. The van der Waals surface area contributed by atoms with E-state index in [-0.39, 0.29) is 6.04 Å². The summed E-state index contributed by atoms with van der Waals surface area (Å²) in [6.07, 6.45) is 0. The quantitative estimate of drug-likeness (QED) is 0.643. The number of nitrogens with zero attached hydrogens (tertiary/aromatic N) is 2. The van der Waals surface area contributed by atoms with Gasteiger partial charge in [-0.25, -0.2) is 4.98 Å². The van der Waals surface area contributed by atoms with Crippen LogP contribution in [0.3, 0.4) is 0 Å². The molecule has 0 aromatic carbocycles. The van der Waals surface area contributed by atoms with Crippen molar-refractivity contribution in [2.24, 2.45) is 4.99 Å². The van der Waals surface area contributed by atoms with Crippen molar-refractivity contribution in [1.29, 1.82) is 0 Å². The fourth-order valence-electron chi connectivity index (χ4n) is 2.39. The lowest BCUT2D eigenvalue weighted by atomic mass is 10.1. The lowest BCUT2D eigenvalue weighted by Gasteiger charge is -2.15. The van der Waals surface area contributed by atoms with Gasteiger partial charge in [-0.05, 0) is 38.8 Å². The molecule has 0 saturated heterocycles. The van der Waals surface area contributed by atoms with Crippen molar-refractivity contribution < 1.29 is 4.42 Å². The van der Waals surface area contributed by atoms with E-state index in [1.807, 2.05) is 19.1 Å². The molecule has 2 aromatic heterocycles. The summed E-state index contributed by atoms with van der Waals surface area (Å²) in [5.41, 5.74) is 1.19. The first-order valence-electron chi connectivity index (χ1n) is 7.90. The van der Waals surface area contributed by atoms with Crippen molar-refractivity contribution in [3.63, 3.8) is 0 Å². The van der Waals surface area contributed by atoms with Gasteiger partial charge in [0.15, 0.2) is 5.96 Å². The monoisotopic (exact) mass is 334 g/mol. The van der Waals surface area contributed by atoms with Crippen LogP contribution in [0, 0.1) is 13.8 Å². The van der Waals surface area contributed by atoms with E-state index in [9.17, 15) is 0 Å². The number of guanidine groups is 1. The van der Waals surface area contributed by atoms with Crippen LogP contribution in [0.5, 0.6) is 0 Å². The minimum atomic E-state index is 0.0548. The molecule has 0 radical (unpaired) electrons. The van der Waals surface area contributed by atoms with E-state index in [1.54, 1.807) is 18.4 Å². The Balaban J connectivity index is 1.94. The molecule has 5 nitrogen and oxygen atoms in total. The third-order valence-electron chi connectivity index (χ3n) is 3.60. The molecule has 1 unspecified atom stereocenters. The van der Waals surface area contributed by atoms with Gasteiger partial charge in [-0.3, -0.25) is 4.99 Å². The maximum atomic E-state index is 5.64. The number of aliphatic imine (C=N–C) groups is 1. The molecule has 0 saturated carbocycles. The molecule has 6 heteroatoms. The standard InChI is InChI=1S/C17H26N4OS/c1-10(2)16-13(5)23-15(21-16)9-19-17(18-6)20-12(4)14-8-7-11(3)22-14/h7-8,10,12H,9H2,1-6H3,(H2,18,19,20). The van der Waals surface area contributed by atoms with Crippen LogP contribution in [0.2, 0.25) is 0 Å². The summed E-state index contributed by atoms with van der Waals surface area (Å²) in [5, 5.41) is 7.73. The zero-order valence-electron chi connectivity index (χ0n) is 14.7. The molecule has 0 bridgehead atoms. The second-order valence-electron chi connectivity index (χ2n) is 5.94. The van der Waals surface area contributed by atoms with Crippen LogP contribution in [-0.4, -0.2) is 18.0 Å². The fourth-order valence-corrected chi connectivity index (χ4v) is 3.42. The fraction of sp³-hybridized carbons (Fsp3) is 0.529. The van der Waals surface area contributed by atoms with E-state index in [1.165, 1.54) is 10.6 Å². The number of hydrogen-bond acceptors (Lipinski definition) is 4. The zero-order valence-corrected chi connectivity index (χ0v) is 15.5. The predicted molar refractivity (Wildman–Crippen MR) is 96.1 cm³/mol. The number of aryl methyl sites for hydroxylation is 2. The first kappa shape index (κ1) is 17.5. The van der Waals surface area contributed by atoms with Gasteiger partial charge in [-0.1, -0.05) is 13.8 Å². The molecular weight excluding hydrogens is 308 g/mol. The van der Waals surface area contributed by atoms with E-state index in [2.05, 4.69) is 43.3 Å². The van der Waals surface area contributed by atoms with Crippen LogP contribution in [0.1, 0.15) is 59.8 Å². The third kappa shape index (κ3) is 4.58. The van der Waals surface area contributed by atoms with Gasteiger partial charge in [-0.15, -0.1) is 11.3 Å². The molecule has 2 aromatic rings. The molecule has 126 valence electrons.